The first kappa shape index (κ1) is 20.9. The predicted octanol–water partition coefficient (Wildman–Crippen LogP) is 3.32. The van der Waals surface area contributed by atoms with Crippen LogP contribution in [-0.2, 0) is 0 Å². The molecule has 0 aromatic carbocycles. The van der Waals surface area contributed by atoms with Crippen molar-refractivity contribution in [1.82, 2.24) is 24.5 Å². The third-order valence-corrected chi connectivity index (χ3v) is 5.55. The molecule has 1 fully saturated rings. The monoisotopic (exact) mass is 424 g/mol. The summed E-state index contributed by atoms with van der Waals surface area (Å²) in [4.78, 5) is 24.4. The van der Waals surface area contributed by atoms with Crippen LogP contribution in [0.1, 0.15) is 26.0 Å². The molecule has 0 bridgehead atoms. The number of carbonyl (C=O) groups is 1. The SMILES string of the molecule is COc1nc(C)ccc1-c1cnc2ccc(N3CC[C@H](N(CC(C)C)C(=O)O)C3)nn12. The molecule has 0 aliphatic carbocycles. The van der Waals surface area contributed by atoms with E-state index in [1.807, 2.05) is 45.0 Å². The Morgan fingerprint density at radius 2 is 2.13 bits per heavy atom. The molecule has 9 heteroatoms. The van der Waals surface area contributed by atoms with Gasteiger partial charge in [0.05, 0.1) is 30.6 Å². The number of nitrogens with zero attached hydrogens (tertiary/aromatic N) is 6. The molecule has 9 nitrogen and oxygen atoms in total. The van der Waals surface area contributed by atoms with Gasteiger partial charge in [0.1, 0.15) is 5.82 Å². The Balaban J connectivity index is 1.63. The van der Waals surface area contributed by atoms with Crippen LogP contribution >= 0.6 is 0 Å². The van der Waals surface area contributed by atoms with E-state index in [4.69, 9.17) is 9.84 Å². The molecular formula is C22H28N6O3. The minimum Gasteiger partial charge on any atom is -0.480 e. The molecule has 0 saturated carbocycles. The highest BCUT2D eigenvalue weighted by atomic mass is 16.5. The zero-order valence-corrected chi connectivity index (χ0v) is 18.3. The second-order valence-electron chi connectivity index (χ2n) is 8.33. The molecule has 1 atom stereocenters. The first-order valence-corrected chi connectivity index (χ1v) is 10.5. The molecule has 1 aliphatic rings. The molecule has 31 heavy (non-hydrogen) atoms. The maximum absolute atomic E-state index is 11.8. The van der Waals surface area contributed by atoms with Crippen molar-refractivity contribution in [2.45, 2.75) is 33.2 Å². The highest BCUT2D eigenvalue weighted by Crippen LogP contribution is 2.30. The van der Waals surface area contributed by atoms with Gasteiger partial charge in [-0.3, -0.25) is 0 Å². The van der Waals surface area contributed by atoms with Gasteiger partial charge in [-0.05, 0) is 43.5 Å². The third kappa shape index (κ3) is 4.12. The van der Waals surface area contributed by atoms with Crippen molar-refractivity contribution in [1.29, 1.82) is 0 Å². The summed E-state index contributed by atoms with van der Waals surface area (Å²) in [6.07, 6.45) is 1.69. The summed E-state index contributed by atoms with van der Waals surface area (Å²) < 4.78 is 7.26. The topological polar surface area (TPSA) is 96.1 Å². The highest BCUT2D eigenvalue weighted by molar-refractivity contribution is 5.68. The lowest BCUT2D eigenvalue weighted by molar-refractivity contribution is 0.121. The van der Waals surface area contributed by atoms with Gasteiger partial charge in [-0.1, -0.05) is 13.8 Å². The minimum atomic E-state index is -0.861. The smallest absolute Gasteiger partial charge is 0.407 e. The van der Waals surface area contributed by atoms with Crippen LogP contribution in [0.25, 0.3) is 16.9 Å². The highest BCUT2D eigenvalue weighted by Gasteiger charge is 2.32. The van der Waals surface area contributed by atoms with E-state index in [1.54, 1.807) is 22.7 Å². The number of hydrogen-bond acceptors (Lipinski definition) is 6. The van der Waals surface area contributed by atoms with Gasteiger partial charge >= 0.3 is 6.09 Å². The molecule has 0 unspecified atom stereocenters. The van der Waals surface area contributed by atoms with Crippen molar-refractivity contribution in [2.75, 3.05) is 31.6 Å². The quantitative estimate of drug-likeness (QED) is 0.648. The standard InChI is InChI=1S/C22H28N6O3/c1-14(2)12-27(22(29)30)16-9-10-26(13-16)20-8-7-19-23-11-18(28(19)25-20)17-6-5-15(3)24-21(17)31-4/h5-8,11,14,16H,9-10,12-13H2,1-4H3,(H,29,30)/t16-/m0/s1. The molecule has 1 amide bonds. The number of fused-ring (bicyclic) bond motifs is 1. The summed E-state index contributed by atoms with van der Waals surface area (Å²) in [5.41, 5.74) is 3.21. The van der Waals surface area contributed by atoms with Crippen molar-refractivity contribution >= 4 is 17.6 Å². The number of ether oxygens (including phenoxy) is 1. The summed E-state index contributed by atoms with van der Waals surface area (Å²) in [6, 6.07) is 7.72. The van der Waals surface area contributed by atoms with Gasteiger partial charge in [0, 0.05) is 25.3 Å². The number of amides is 1. The largest absolute Gasteiger partial charge is 0.480 e. The van der Waals surface area contributed by atoms with Crippen molar-refractivity contribution in [3.05, 3.63) is 36.2 Å². The summed E-state index contributed by atoms with van der Waals surface area (Å²) in [5, 5.41) is 14.5. The Morgan fingerprint density at radius 1 is 1.32 bits per heavy atom. The van der Waals surface area contributed by atoms with Gasteiger partial charge in [0.15, 0.2) is 5.65 Å². The normalized spacial score (nSPS) is 16.3. The maximum atomic E-state index is 11.8. The zero-order chi connectivity index (χ0) is 22.1. The Morgan fingerprint density at radius 3 is 2.84 bits per heavy atom. The van der Waals surface area contributed by atoms with Gasteiger partial charge < -0.3 is 19.6 Å². The van der Waals surface area contributed by atoms with Crippen LogP contribution in [0, 0.1) is 12.8 Å². The number of pyridine rings is 1. The second-order valence-corrected chi connectivity index (χ2v) is 8.33. The molecule has 3 aromatic rings. The molecule has 1 aliphatic heterocycles. The number of hydrogen-bond donors (Lipinski definition) is 1. The maximum Gasteiger partial charge on any atom is 0.407 e. The van der Waals surface area contributed by atoms with Crippen LogP contribution in [0.4, 0.5) is 10.6 Å². The van der Waals surface area contributed by atoms with E-state index in [0.717, 1.165) is 41.4 Å². The fourth-order valence-corrected chi connectivity index (χ4v) is 4.08. The average molecular weight is 425 g/mol. The summed E-state index contributed by atoms with van der Waals surface area (Å²) in [7, 11) is 1.60. The van der Waals surface area contributed by atoms with E-state index in [2.05, 4.69) is 14.9 Å². The Hall–Kier alpha value is -3.36. The van der Waals surface area contributed by atoms with Crippen LogP contribution in [0.2, 0.25) is 0 Å². The molecule has 4 rings (SSSR count). The number of aromatic nitrogens is 4. The Labute approximate surface area is 181 Å². The molecule has 3 aromatic heterocycles. The van der Waals surface area contributed by atoms with E-state index < -0.39 is 6.09 Å². The lowest BCUT2D eigenvalue weighted by Crippen LogP contribution is -2.43. The molecule has 0 radical (unpaired) electrons. The second kappa shape index (κ2) is 8.41. The summed E-state index contributed by atoms with van der Waals surface area (Å²) in [5.74, 6) is 1.61. The predicted molar refractivity (Wildman–Crippen MR) is 118 cm³/mol. The van der Waals surface area contributed by atoms with Crippen LogP contribution in [-0.4, -0.2) is 68.5 Å². The van der Waals surface area contributed by atoms with Gasteiger partial charge in [0.2, 0.25) is 5.88 Å². The molecule has 1 N–H and O–H groups in total. The lowest BCUT2D eigenvalue weighted by atomic mass is 10.1. The molecule has 1 saturated heterocycles. The van der Waals surface area contributed by atoms with Crippen molar-refractivity contribution < 1.29 is 14.6 Å². The van der Waals surface area contributed by atoms with E-state index in [9.17, 15) is 9.90 Å². The molecule has 0 spiro atoms. The first-order chi connectivity index (χ1) is 14.9. The summed E-state index contributed by atoms with van der Waals surface area (Å²) in [6.45, 7) is 7.90. The van der Waals surface area contributed by atoms with Gasteiger partial charge in [0.25, 0.3) is 0 Å². The molecule has 4 heterocycles. The fourth-order valence-electron chi connectivity index (χ4n) is 4.08. The summed E-state index contributed by atoms with van der Waals surface area (Å²) >= 11 is 0. The van der Waals surface area contributed by atoms with Crippen LogP contribution < -0.4 is 9.64 Å². The minimum absolute atomic E-state index is 0.0407. The number of imidazole rings is 1. The van der Waals surface area contributed by atoms with Gasteiger partial charge in [-0.25, -0.2) is 19.3 Å². The third-order valence-electron chi connectivity index (χ3n) is 5.55. The van der Waals surface area contributed by atoms with Gasteiger partial charge in [-0.15, -0.1) is 5.10 Å². The number of anilines is 1. The van der Waals surface area contributed by atoms with E-state index in [-0.39, 0.29) is 12.0 Å². The van der Waals surface area contributed by atoms with Crippen LogP contribution in [0.5, 0.6) is 5.88 Å². The van der Waals surface area contributed by atoms with Crippen molar-refractivity contribution in [3.8, 4) is 17.1 Å². The van der Waals surface area contributed by atoms with Crippen LogP contribution in [0.3, 0.4) is 0 Å². The number of carboxylic acid groups (broad SMARTS) is 1. The number of aryl methyl sites for hydroxylation is 1. The fraction of sp³-hybridized carbons (Fsp3) is 0.455. The zero-order valence-electron chi connectivity index (χ0n) is 18.3. The van der Waals surface area contributed by atoms with Crippen molar-refractivity contribution in [2.24, 2.45) is 5.92 Å². The van der Waals surface area contributed by atoms with E-state index in [0.29, 0.717) is 19.0 Å². The van der Waals surface area contributed by atoms with Gasteiger partial charge in [-0.2, -0.15) is 0 Å². The number of methoxy groups -OCH3 is 1. The van der Waals surface area contributed by atoms with Crippen molar-refractivity contribution in [3.63, 3.8) is 0 Å². The Kier molecular flexibility index (Phi) is 5.67. The Bertz CT molecular complexity index is 1100. The average Bonchev–Trinajstić information content (AvgIpc) is 3.38. The lowest BCUT2D eigenvalue weighted by Gasteiger charge is -2.28. The van der Waals surface area contributed by atoms with Crippen LogP contribution in [0.15, 0.2) is 30.5 Å². The number of rotatable bonds is 6. The molecular weight excluding hydrogens is 396 g/mol. The first-order valence-electron chi connectivity index (χ1n) is 10.5. The van der Waals surface area contributed by atoms with E-state index in [1.165, 1.54) is 0 Å². The molecule has 164 valence electrons. The van der Waals surface area contributed by atoms with E-state index >= 15 is 0 Å².